The van der Waals surface area contributed by atoms with Gasteiger partial charge in [0.05, 0.1) is 17.3 Å². The highest BCUT2D eigenvalue weighted by Gasteiger charge is 2.26. The summed E-state index contributed by atoms with van der Waals surface area (Å²) in [6.07, 6.45) is 3.71. The molecule has 0 bridgehead atoms. The first-order valence-electron chi connectivity index (χ1n) is 10.3. The van der Waals surface area contributed by atoms with Gasteiger partial charge in [-0.25, -0.2) is 0 Å². The SMILES string of the molecule is O=C(Nc1cccc(CNC(=O)c2cc(C3CC3)nc3ccccc23)c1)c1ccco1. The van der Waals surface area contributed by atoms with E-state index in [1.54, 1.807) is 18.2 Å². The highest BCUT2D eigenvalue weighted by atomic mass is 16.3. The second-order valence-electron chi connectivity index (χ2n) is 7.70. The first kappa shape index (κ1) is 19.1. The minimum absolute atomic E-state index is 0.134. The van der Waals surface area contributed by atoms with Gasteiger partial charge in [0.15, 0.2) is 5.76 Å². The normalized spacial score (nSPS) is 13.2. The van der Waals surface area contributed by atoms with Crippen molar-refractivity contribution >= 4 is 28.4 Å². The van der Waals surface area contributed by atoms with Gasteiger partial charge in [0.2, 0.25) is 0 Å². The van der Waals surface area contributed by atoms with Crippen LogP contribution in [0.15, 0.2) is 77.4 Å². The van der Waals surface area contributed by atoms with Crippen LogP contribution in [-0.4, -0.2) is 16.8 Å². The molecule has 4 aromatic rings. The Morgan fingerprint density at radius 1 is 0.968 bits per heavy atom. The molecule has 0 unspecified atom stereocenters. The maximum absolute atomic E-state index is 13.0. The van der Waals surface area contributed by atoms with E-state index in [1.807, 2.05) is 48.5 Å². The van der Waals surface area contributed by atoms with E-state index < -0.39 is 0 Å². The third-order valence-electron chi connectivity index (χ3n) is 5.36. The van der Waals surface area contributed by atoms with Gasteiger partial charge in [-0.05, 0) is 54.8 Å². The molecule has 1 aliphatic rings. The Kier molecular flexibility index (Phi) is 4.96. The van der Waals surface area contributed by atoms with Crippen LogP contribution in [0.25, 0.3) is 10.9 Å². The fourth-order valence-electron chi connectivity index (χ4n) is 3.61. The number of carbonyl (C=O) groups is 2. The van der Waals surface area contributed by atoms with Gasteiger partial charge < -0.3 is 15.1 Å². The van der Waals surface area contributed by atoms with E-state index in [9.17, 15) is 9.59 Å². The van der Waals surface area contributed by atoms with Gasteiger partial charge in [-0.3, -0.25) is 14.6 Å². The van der Waals surface area contributed by atoms with Crippen molar-refractivity contribution in [3.8, 4) is 0 Å². The van der Waals surface area contributed by atoms with Gasteiger partial charge in [0.1, 0.15) is 0 Å². The van der Waals surface area contributed by atoms with Crippen molar-refractivity contribution < 1.29 is 14.0 Å². The Bertz CT molecular complexity index is 1260. The predicted molar refractivity (Wildman–Crippen MR) is 118 cm³/mol. The molecule has 0 spiro atoms. The molecule has 6 heteroatoms. The van der Waals surface area contributed by atoms with Gasteiger partial charge >= 0.3 is 0 Å². The van der Waals surface area contributed by atoms with Crippen molar-refractivity contribution in [2.24, 2.45) is 0 Å². The zero-order chi connectivity index (χ0) is 21.2. The Hall–Kier alpha value is -3.93. The van der Waals surface area contributed by atoms with Crippen LogP contribution in [-0.2, 0) is 6.54 Å². The lowest BCUT2D eigenvalue weighted by molar-refractivity contribution is 0.0951. The molecule has 2 N–H and O–H groups in total. The standard InChI is InChI=1S/C25H21N3O3/c29-24(20-14-22(17-10-11-17)28-21-8-2-1-7-19(20)21)26-15-16-5-3-6-18(13-16)27-25(30)23-9-4-12-31-23/h1-9,12-14,17H,10-11,15H2,(H,26,29)(H,27,30). The highest BCUT2D eigenvalue weighted by Crippen LogP contribution is 2.40. The maximum atomic E-state index is 13.0. The molecule has 31 heavy (non-hydrogen) atoms. The first-order chi connectivity index (χ1) is 15.2. The topological polar surface area (TPSA) is 84.2 Å². The highest BCUT2D eigenvalue weighted by molar-refractivity contribution is 6.06. The zero-order valence-electron chi connectivity index (χ0n) is 16.8. The third kappa shape index (κ3) is 4.19. The van der Waals surface area contributed by atoms with Crippen LogP contribution < -0.4 is 10.6 Å². The van der Waals surface area contributed by atoms with Gasteiger partial charge in [0.25, 0.3) is 11.8 Å². The average molecular weight is 411 g/mol. The fourth-order valence-corrected chi connectivity index (χ4v) is 3.61. The molecule has 0 atom stereocenters. The molecule has 1 saturated carbocycles. The molecular formula is C25H21N3O3. The molecule has 2 aromatic carbocycles. The number of benzene rings is 2. The predicted octanol–water partition coefficient (Wildman–Crippen LogP) is 4.89. The summed E-state index contributed by atoms with van der Waals surface area (Å²) in [7, 11) is 0. The second-order valence-corrected chi connectivity index (χ2v) is 7.70. The van der Waals surface area contributed by atoms with Crippen LogP contribution in [0.1, 0.15) is 50.9 Å². The number of rotatable bonds is 6. The molecule has 1 fully saturated rings. The molecule has 2 amide bonds. The summed E-state index contributed by atoms with van der Waals surface area (Å²) in [6.45, 7) is 0.346. The van der Waals surface area contributed by atoms with Crippen LogP contribution in [0.5, 0.6) is 0 Å². The Balaban J connectivity index is 1.31. The number of para-hydroxylation sites is 1. The summed E-state index contributed by atoms with van der Waals surface area (Å²) < 4.78 is 5.12. The first-order valence-corrected chi connectivity index (χ1v) is 10.3. The lowest BCUT2D eigenvalue weighted by Crippen LogP contribution is -2.23. The van der Waals surface area contributed by atoms with Crippen LogP contribution in [0.2, 0.25) is 0 Å². The Labute approximate surface area is 179 Å². The number of carbonyl (C=O) groups excluding carboxylic acids is 2. The Morgan fingerprint density at radius 3 is 2.65 bits per heavy atom. The zero-order valence-corrected chi connectivity index (χ0v) is 16.8. The molecule has 0 saturated heterocycles. The van der Waals surface area contributed by atoms with E-state index in [0.717, 1.165) is 35.0 Å². The average Bonchev–Trinajstić information content (AvgIpc) is 3.50. The molecule has 154 valence electrons. The number of fused-ring (bicyclic) bond motifs is 1. The minimum atomic E-state index is -0.318. The molecular weight excluding hydrogens is 390 g/mol. The summed E-state index contributed by atoms with van der Waals surface area (Å²) in [6, 6.07) is 20.3. The number of amides is 2. The number of aromatic nitrogens is 1. The molecule has 2 heterocycles. The smallest absolute Gasteiger partial charge is 0.291 e. The number of pyridine rings is 1. The number of nitrogens with zero attached hydrogens (tertiary/aromatic N) is 1. The van der Waals surface area contributed by atoms with E-state index in [1.165, 1.54) is 6.26 Å². The van der Waals surface area contributed by atoms with E-state index in [0.29, 0.717) is 23.7 Å². The molecule has 0 radical (unpaired) electrons. The number of furan rings is 1. The summed E-state index contributed by atoms with van der Waals surface area (Å²) in [4.78, 5) is 29.9. The number of nitrogens with one attached hydrogen (secondary N) is 2. The summed E-state index contributed by atoms with van der Waals surface area (Å²) in [5.74, 6) is 0.257. The van der Waals surface area contributed by atoms with Crippen LogP contribution >= 0.6 is 0 Å². The molecule has 1 aliphatic carbocycles. The van der Waals surface area contributed by atoms with Crippen molar-refractivity contribution in [1.82, 2.24) is 10.3 Å². The van der Waals surface area contributed by atoms with Crippen molar-refractivity contribution in [2.45, 2.75) is 25.3 Å². The van der Waals surface area contributed by atoms with E-state index in [2.05, 4.69) is 10.6 Å². The largest absolute Gasteiger partial charge is 0.459 e. The number of hydrogen-bond acceptors (Lipinski definition) is 4. The summed E-state index contributed by atoms with van der Waals surface area (Å²) in [5, 5.41) is 6.66. The van der Waals surface area contributed by atoms with Crippen LogP contribution in [0.4, 0.5) is 5.69 Å². The monoisotopic (exact) mass is 411 g/mol. The van der Waals surface area contributed by atoms with Gasteiger partial charge in [0, 0.05) is 29.2 Å². The summed E-state index contributed by atoms with van der Waals surface area (Å²) >= 11 is 0. The molecule has 5 rings (SSSR count). The summed E-state index contributed by atoms with van der Waals surface area (Å²) in [5.41, 5.74) is 4.01. The Morgan fingerprint density at radius 2 is 1.84 bits per heavy atom. The third-order valence-corrected chi connectivity index (χ3v) is 5.36. The molecule has 2 aromatic heterocycles. The van der Waals surface area contributed by atoms with Crippen LogP contribution in [0, 0.1) is 0 Å². The lowest BCUT2D eigenvalue weighted by atomic mass is 10.1. The second kappa shape index (κ2) is 8.07. The molecule has 0 aliphatic heterocycles. The van der Waals surface area contributed by atoms with Crippen molar-refractivity contribution in [3.05, 3.63) is 95.6 Å². The van der Waals surface area contributed by atoms with Gasteiger partial charge in [-0.2, -0.15) is 0 Å². The van der Waals surface area contributed by atoms with Gasteiger partial charge in [-0.1, -0.05) is 30.3 Å². The van der Waals surface area contributed by atoms with Crippen molar-refractivity contribution in [3.63, 3.8) is 0 Å². The van der Waals surface area contributed by atoms with E-state index >= 15 is 0 Å². The van der Waals surface area contributed by atoms with Gasteiger partial charge in [-0.15, -0.1) is 0 Å². The number of hydrogen-bond donors (Lipinski definition) is 2. The minimum Gasteiger partial charge on any atom is -0.459 e. The van der Waals surface area contributed by atoms with Crippen molar-refractivity contribution in [1.29, 1.82) is 0 Å². The molecule has 6 nitrogen and oxygen atoms in total. The number of anilines is 1. The van der Waals surface area contributed by atoms with Crippen molar-refractivity contribution in [2.75, 3.05) is 5.32 Å². The van der Waals surface area contributed by atoms with E-state index in [-0.39, 0.29) is 17.6 Å². The maximum Gasteiger partial charge on any atom is 0.291 e. The fraction of sp³-hybridized carbons (Fsp3) is 0.160. The quantitative estimate of drug-likeness (QED) is 0.473. The van der Waals surface area contributed by atoms with E-state index in [4.69, 9.17) is 9.40 Å². The van der Waals surface area contributed by atoms with Crippen LogP contribution in [0.3, 0.4) is 0 Å². The lowest BCUT2D eigenvalue weighted by Gasteiger charge is -2.11.